The van der Waals surface area contributed by atoms with Gasteiger partial charge in [-0.05, 0) is 19.1 Å². The van der Waals surface area contributed by atoms with Crippen molar-refractivity contribution in [1.29, 1.82) is 0 Å². The van der Waals surface area contributed by atoms with Gasteiger partial charge in [0.15, 0.2) is 5.82 Å². The minimum atomic E-state index is -0.384. The van der Waals surface area contributed by atoms with E-state index in [1.807, 2.05) is 0 Å². The number of aryl methyl sites for hydroxylation is 1. The lowest BCUT2D eigenvalue weighted by atomic mass is 10.3. The van der Waals surface area contributed by atoms with Gasteiger partial charge in [0.1, 0.15) is 5.76 Å². The van der Waals surface area contributed by atoms with Crippen LogP contribution in [0.1, 0.15) is 16.1 Å². The number of pyridine rings is 1. The summed E-state index contributed by atoms with van der Waals surface area (Å²) in [5, 5.41) is 8.58. The summed E-state index contributed by atoms with van der Waals surface area (Å²) in [6.07, 6.45) is 2.99. The van der Waals surface area contributed by atoms with Crippen molar-refractivity contribution >= 4 is 17.6 Å². The highest BCUT2D eigenvalue weighted by Gasteiger charge is 2.09. The fourth-order valence-corrected chi connectivity index (χ4v) is 1.37. The highest BCUT2D eigenvalue weighted by molar-refractivity contribution is 5.98. The molecule has 0 aliphatic heterocycles. The van der Waals surface area contributed by atoms with Crippen LogP contribution in [0.2, 0.25) is 0 Å². The van der Waals surface area contributed by atoms with Gasteiger partial charge >= 0.3 is 0 Å². The second-order valence-electron chi connectivity index (χ2n) is 3.80. The summed E-state index contributed by atoms with van der Waals surface area (Å²) in [4.78, 5) is 27.0. The Kier molecular flexibility index (Phi) is 3.87. The maximum absolute atomic E-state index is 11.6. The van der Waals surface area contributed by atoms with Gasteiger partial charge in [-0.15, -0.1) is 0 Å². The molecule has 2 amide bonds. The fraction of sp³-hybridized carbons (Fsp3) is 0.167. The van der Waals surface area contributed by atoms with Gasteiger partial charge in [0.2, 0.25) is 5.91 Å². The zero-order valence-corrected chi connectivity index (χ0v) is 10.2. The molecule has 2 aromatic rings. The number of nitrogens with one attached hydrogen (secondary N) is 2. The molecule has 0 atom stereocenters. The summed E-state index contributed by atoms with van der Waals surface area (Å²) in [7, 11) is 0. The van der Waals surface area contributed by atoms with Crippen molar-refractivity contribution in [2.24, 2.45) is 0 Å². The third-order valence-corrected chi connectivity index (χ3v) is 2.23. The van der Waals surface area contributed by atoms with Crippen molar-refractivity contribution in [3.05, 3.63) is 41.9 Å². The Labute approximate surface area is 109 Å². The van der Waals surface area contributed by atoms with E-state index in [-0.39, 0.29) is 18.4 Å². The first kappa shape index (κ1) is 12.7. The molecule has 2 aromatic heterocycles. The molecular formula is C12H12N4O3. The topological polar surface area (TPSA) is 97.1 Å². The molecule has 2 N–H and O–H groups in total. The highest BCUT2D eigenvalue weighted by atomic mass is 16.5. The van der Waals surface area contributed by atoms with E-state index in [4.69, 9.17) is 4.52 Å². The third kappa shape index (κ3) is 3.63. The first-order chi connectivity index (χ1) is 9.15. The Morgan fingerprint density at radius 2 is 2.26 bits per heavy atom. The summed E-state index contributed by atoms with van der Waals surface area (Å²) < 4.78 is 4.80. The molecular weight excluding hydrogens is 248 g/mol. The Hall–Kier alpha value is -2.70. The molecule has 0 unspecified atom stereocenters. The minimum absolute atomic E-state index is 0.153. The van der Waals surface area contributed by atoms with Gasteiger partial charge in [0.25, 0.3) is 5.91 Å². The van der Waals surface area contributed by atoms with Crippen LogP contribution in [-0.4, -0.2) is 28.5 Å². The summed E-state index contributed by atoms with van der Waals surface area (Å²) >= 11 is 0. The molecule has 2 rings (SSSR count). The Morgan fingerprint density at radius 3 is 2.89 bits per heavy atom. The lowest BCUT2D eigenvalue weighted by molar-refractivity contribution is -0.115. The third-order valence-electron chi connectivity index (χ3n) is 2.23. The standard InChI is InChI=1S/C12H12N4O3/c1-8-5-10(16-19-8)15-11(17)7-14-12(18)9-3-2-4-13-6-9/h2-6H,7H2,1H3,(H,14,18)(H,15,16,17). The van der Waals surface area contributed by atoms with Gasteiger partial charge < -0.3 is 15.2 Å². The van der Waals surface area contributed by atoms with Crippen LogP contribution in [0.5, 0.6) is 0 Å². The zero-order valence-electron chi connectivity index (χ0n) is 10.2. The second-order valence-corrected chi connectivity index (χ2v) is 3.80. The number of carbonyl (C=O) groups is 2. The van der Waals surface area contributed by atoms with Crippen LogP contribution in [0, 0.1) is 6.92 Å². The summed E-state index contributed by atoms with van der Waals surface area (Å²) in [6, 6.07) is 4.84. The average Bonchev–Trinajstić information content (AvgIpc) is 2.82. The molecule has 0 fully saturated rings. The molecule has 19 heavy (non-hydrogen) atoms. The monoisotopic (exact) mass is 260 g/mol. The molecule has 0 saturated heterocycles. The maximum Gasteiger partial charge on any atom is 0.253 e. The molecule has 0 spiro atoms. The molecule has 0 aliphatic rings. The first-order valence-corrected chi connectivity index (χ1v) is 5.56. The van der Waals surface area contributed by atoms with Crippen molar-refractivity contribution < 1.29 is 14.1 Å². The summed E-state index contributed by atoms with van der Waals surface area (Å²) in [6.45, 7) is 1.56. The lowest BCUT2D eigenvalue weighted by Crippen LogP contribution is -2.32. The van der Waals surface area contributed by atoms with E-state index in [1.54, 1.807) is 31.3 Å². The van der Waals surface area contributed by atoms with Gasteiger partial charge in [0, 0.05) is 18.5 Å². The molecule has 7 nitrogen and oxygen atoms in total. The maximum atomic E-state index is 11.6. The SMILES string of the molecule is Cc1cc(NC(=O)CNC(=O)c2cccnc2)no1. The predicted molar refractivity (Wildman–Crippen MR) is 66.4 cm³/mol. The highest BCUT2D eigenvalue weighted by Crippen LogP contribution is 2.06. The van der Waals surface area contributed by atoms with E-state index in [0.717, 1.165) is 0 Å². The first-order valence-electron chi connectivity index (χ1n) is 5.56. The Bertz CT molecular complexity index is 580. The number of aromatic nitrogens is 2. The Balaban J connectivity index is 1.82. The molecule has 0 bridgehead atoms. The van der Waals surface area contributed by atoms with Crippen molar-refractivity contribution in [3.63, 3.8) is 0 Å². The van der Waals surface area contributed by atoms with E-state index in [9.17, 15) is 9.59 Å². The molecule has 0 aromatic carbocycles. The molecule has 2 heterocycles. The van der Waals surface area contributed by atoms with Crippen LogP contribution in [0.4, 0.5) is 5.82 Å². The van der Waals surface area contributed by atoms with Crippen LogP contribution in [0.15, 0.2) is 35.1 Å². The van der Waals surface area contributed by atoms with Gasteiger partial charge in [0.05, 0.1) is 12.1 Å². The van der Waals surface area contributed by atoms with Crippen molar-refractivity contribution in [3.8, 4) is 0 Å². The van der Waals surface area contributed by atoms with Gasteiger partial charge in [-0.2, -0.15) is 0 Å². The van der Waals surface area contributed by atoms with Crippen LogP contribution in [0.25, 0.3) is 0 Å². The van der Waals surface area contributed by atoms with Gasteiger partial charge in [-0.3, -0.25) is 14.6 Å². The lowest BCUT2D eigenvalue weighted by Gasteiger charge is -2.04. The van der Waals surface area contributed by atoms with E-state index >= 15 is 0 Å². The zero-order chi connectivity index (χ0) is 13.7. The Morgan fingerprint density at radius 1 is 1.42 bits per heavy atom. The smallest absolute Gasteiger partial charge is 0.253 e. The van der Waals surface area contributed by atoms with Crippen molar-refractivity contribution in [2.75, 3.05) is 11.9 Å². The minimum Gasteiger partial charge on any atom is -0.360 e. The van der Waals surface area contributed by atoms with E-state index in [1.165, 1.54) is 6.20 Å². The fourth-order valence-electron chi connectivity index (χ4n) is 1.37. The summed E-state index contributed by atoms with van der Waals surface area (Å²) in [5.74, 6) is 0.165. The second kappa shape index (κ2) is 5.76. The molecule has 0 aliphatic carbocycles. The van der Waals surface area contributed by atoms with Crippen LogP contribution >= 0.6 is 0 Å². The predicted octanol–water partition coefficient (Wildman–Crippen LogP) is 0.747. The van der Waals surface area contributed by atoms with E-state index in [0.29, 0.717) is 17.1 Å². The quantitative estimate of drug-likeness (QED) is 0.845. The summed E-state index contributed by atoms with van der Waals surface area (Å²) in [5.41, 5.74) is 0.396. The molecule has 7 heteroatoms. The number of anilines is 1. The van der Waals surface area contributed by atoms with Crippen LogP contribution in [0.3, 0.4) is 0 Å². The molecule has 0 radical (unpaired) electrons. The number of nitrogens with zero attached hydrogens (tertiary/aromatic N) is 2. The number of carbonyl (C=O) groups excluding carboxylic acids is 2. The molecule has 0 saturated carbocycles. The normalized spacial score (nSPS) is 9.95. The molecule has 98 valence electrons. The number of rotatable bonds is 4. The van der Waals surface area contributed by atoms with Gasteiger partial charge in [-0.1, -0.05) is 5.16 Å². The number of hydrogen-bond donors (Lipinski definition) is 2. The average molecular weight is 260 g/mol. The van der Waals surface area contributed by atoms with Crippen LogP contribution in [-0.2, 0) is 4.79 Å². The van der Waals surface area contributed by atoms with Gasteiger partial charge in [-0.25, -0.2) is 0 Å². The van der Waals surface area contributed by atoms with Crippen molar-refractivity contribution in [2.45, 2.75) is 6.92 Å². The number of hydrogen-bond acceptors (Lipinski definition) is 5. The van der Waals surface area contributed by atoms with Crippen molar-refractivity contribution in [1.82, 2.24) is 15.5 Å². The van der Waals surface area contributed by atoms with E-state index < -0.39 is 0 Å². The largest absolute Gasteiger partial charge is 0.360 e. The number of amides is 2. The van der Waals surface area contributed by atoms with E-state index in [2.05, 4.69) is 20.8 Å². The van der Waals surface area contributed by atoms with Crippen LogP contribution < -0.4 is 10.6 Å².